The molecule has 3 amide bonds. The Morgan fingerprint density at radius 1 is 1.00 bits per heavy atom. The number of carbonyl (C=O) groups is 4. The first-order valence-electron chi connectivity index (χ1n) is 10.8. The number of nitrogens with zero attached hydrogens (tertiary/aromatic N) is 3. The minimum atomic E-state index is -0.816. The number of allylic oxidation sites excluding steroid dienone is 2. The number of ketones is 1. The van der Waals surface area contributed by atoms with Crippen molar-refractivity contribution in [3.8, 4) is 0 Å². The van der Waals surface area contributed by atoms with E-state index in [0.29, 0.717) is 6.42 Å². The van der Waals surface area contributed by atoms with E-state index < -0.39 is 46.8 Å². The minimum absolute atomic E-state index is 0.00342. The summed E-state index contributed by atoms with van der Waals surface area (Å²) in [7, 11) is 0. The molecule has 0 aromatic heterocycles. The second-order valence-corrected chi connectivity index (χ2v) is 9.55. The molecule has 0 spiro atoms. The van der Waals surface area contributed by atoms with Crippen molar-refractivity contribution in [2.45, 2.75) is 6.42 Å². The number of non-ortho nitro benzene ring substituents is 1. The molecule has 2 aromatic rings. The maximum Gasteiger partial charge on any atom is 0.274 e. The highest BCUT2D eigenvalue weighted by Crippen LogP contribution is 2.52. The standard InChI is InChI=1S/C24H17Cl2N3O6/c25-15-5-8-17(18(26)10-15)22(31)27(11-19(30)12-3-6-16(7-4-12)29(34)35)28-23(32)20-13-1-2-14(9-13)21(20)24(28)33/h1-8,10,13-14,20-21H,9,11H2. The molecular formula is C24H17Cl2N3O6. The van der Waals surface area contributed by atoms with Crippen molar-refractivity contribution < 1.29 is 24.1 Å². The normalized spacial score (nSPS) is 24.1. The molecule has 9 nitrogen and oxygen atoms in total. The number of hydrogen-bond acceptors (Lipinski definition) is 6. The molecular weight excluding hydrogens is 497 g/mol. The summed E-state index contributed by atoms with van der Waals surface area (Å²) in [5, 5.41) is 12.8. The second kappa shape index (κ2) is 8.58. The number of nitro benzene ring substituents is 1. The number of benzene rings is 2. The summed E-state index contributed by atoms with van der Waals surface area (Å²) in [5.74, 6) is -3.84. The molecule has 2 aliphatic carbocycles. The van der Waals surface area contributed by atoms with E-state index in [2.05, 4.69) is 0 Å². The van der Waals surface area contributed by atoms with Crippen LogP contribution in [0.15, 0.2) is 54.6 Å². The highest BCUT2D eigenvalue weighted by molar-refractivity contribution is 6.36. The average molecular weight is 514 g/mol. The third-order valence-electron chi connectivity index (χ3n) is 6.78. The quantitative estimate of drug-likeness (QED) is 0.189. The van der Waals surface area contributed by atoms with E-state index in [1.807, 2.05) is 12.2 Å². The van der Waals surface area contributed by atoms with E-state index in [0.717, 1.165) is 22.2 Å². The Morgan fingerprint density at radius 3 is 2.14 bits per heavy atom. The van der Waals surface area contributed by atoms with Crippen LogP contribution in [-0.2, 0) is 9.59 Å². The SMILES string of the molecule is O=C(CN(C(=O)c1ccc(Cl)cc1Cl)N1C(=O)C2C3C=CC(C3)C2C1=O)c1ccc([N+](=O)[O-])cc1. The lowest BCUT2D eigenvalue weighted by atomic mass is 9.85. The van der Waals surface area contributed by atoms with E-state index in [9.17, 15) is 29.3 Å². The van der Waals surface area contributed by atoms with E-state index >= 15 is 0 Å². The number of Topliss-reactive ketones (excluding diaryl/α,β-unsaturated/α-hetero) is 1. The fourth-order valence-corrected chi connectivity index (χ4v) is 5.65. The van der Waals surface area contributed by atoms with Gasteiger partial charge in [0.2, 0.25) is 0 Å². The maximum absolute atomic E-state index is 13.6. The Balaban J connectivity index is 1.50. The van der Waals surface area contributed by atoms with Crippen molar-refractivity contribution in [1.82, 2.24) is 10.0 Å². The largest absolute Gasteiger partial charge is 0.292 e. The van der Waals surface area contributed by atoms with Gasteiger partial charge in [0.1, 0.15) is 6.54 Å². The van der Waals surface area contributed by atoms with Gasteiger partial charge >= 0.3 is 0 Å². The van der Waals surface area contributed by atoms with Crippen molar-refractivity contribution in [1.29, 1.82) is 0 Å². The molecule has 1 saturated carbocycles. The molecule has 2 bridgehead atoms. The number of hydrazine groups is 1. The topological polar surface area (TPSA) is 118 Å². The Morgan fingerprint density at radius 2 is 1.60 bits per heavy atom. The lowest BCUT2D eigenvalue weighted by molar-refractivity contribution is -0.384. The first-order chi connectivity index (χ1) is 16.7. The van der Waals surface area contributed by atoms with Crippen LogP contribution in [0.2, 0.25) is 10.0 Å². The van der Waals surface area contributed by atoms with Crippen LogP contribution < -0.4 is 0 Å². The molecule has 4 unspecified atom stereocenters. The van der Waals surface area contributed by atoms with Gasteiger partial charge < -0.3 is 0 Å². The zero-order chi connectivity index (χ0) is 25.0. The van der Waals surface area contributed by atoms with Crippen molar-refractivity contribution in [3.63, 3.8) is 0 Å². The molecule has 11 heteroatoms. The molecule has 2 fully saturated rings. The smallest absolute Gasteiger partial charge is 0.274 e. The minimum Gasteiger partial charge on any atom is -0.292 e. The monoisotopic (exact) mass is 513 g/mol. The van der Waals surface area contributed by atoms with E-state index in [4.69, 9.17) is 23.2 Å². The third-order valence-corrected chi connectivity index (χ3v) is 7.33. The summed E-state index contributed by atoms with van der Waals surface area (Å²) in [4.78, 5) is 63.7. The van der Waals surface area contributed by atoms with Crippen molar-refractivity contribution >= 4 is 52.4 Å². The molecule has 5 rings (SSSR count). The molecule has 1 saturated heterocycles. The van der Waals surface area contributed by atoms with Gasteiger partial charge in [-0.25, -0.2) is 5.01 Å². The van der Waals surface area contributed by atoms with Crippen LogP contribution in [0.4, 0.5) is 5.69 Å². The predicted molar refractivity (Wildman–Crippen MR) is 124 cm³/mol. The van der Waals surface area contributed by atoms with E-state index in [-0.39, 0.29) is 38.7 Å². The zero-order valence-electron chi connectivity index (χ0n) is 18.0. The maximum atomic E-state index is 13.6. The second-order valence-electron chi connectivity index (χ2n) is 8.70. The molecule has 0 radical (unpaired) electrons. The number of hydrogen-bond donors (Lipinski definition) is 0. The Hall–Kier alpha value is -3.56. The molecule has 2 aromatic carbocycles. The molecule has 178 valence electrons. The van der Waals surface area contributed by atoms with Gasteiger partial charge in [0, 0.05) is 22.7 Å². The van der Waals surface area contributed by atoms with Crippen LogP contribution in [0.1, 0.15) is 27.1 Å². The number of rotatable bonds is 6. The van der Waals surface area contributed by atoms with Gasteiger partial charge in [0.15, 0.2) is 5.78 Å². The summed E-state index contributed by atoms with van der Waals surface area (Å²) < 4.78 is 0. The van der Waals surface area contributed by atoms with Gasteiger partial charge in [-0.05, 0) is 48.6 Å². The van der Waals surface area contributed by atoms with Crippen molar-refractivity contribution in [3.05, 3.63) is 85.9 Å². The lowest BCUT2D eigenvalue weighted by Gasteiger charge is -2.31. The first kappa shape index (κ1) is 23.2. The summed E-state index contributed by atoms with van der Waals surface area (Å²) >= 11 is 12.2. The Kier molecular flexibility index (Phi) is 5.69. The zero-order valence-corrected chi connectivity index (χ0v) is 19.5. The van der Waals surface area contributed by atoms with E-state index in [1.165, 1.54) is 30.3 Å². The first-order valence-corrected chi connectivity index (χ1v) is 11.5. The average Bonchev–Trinajstić information content (AvgIpc) is 3.51. The molecule has 0 N–H and O–H groups in total. The Bertz CT molecular complexity index is 1300. The van der Waals surface area contributed by atoms with Gasteiger partial charge in [-0.1, -0.05) is 35.4 Å². The van der Waals surface area contributed by atoms with Crippen LogP contribution in [0.3, 0.4) is 0 Å². The fraction of sp³-hybridized carbons (Fsp3) is 0.250. The highest BCUT2D eigenvalue weighted by Gasteiger charge is 2.61. The van der Waals surface area contributed by atoms with Crippen LogP contribution >= 0.6 is 23.2 Å². The number of halogens is 2. The van der Waals surface area contributed by atoms with Gasteiger partial charge in [-0.15, -0.1) is 0 Å². The fourth-order valence-electron chi connectivity index (χ4n) is 5.16. The van der Waals surface area contributed by atoms with Crippen LogP contribution in [0.5, 0.6) is 0 Å². The van der Waals surface area contributed by atoms with Gasteiger partial charge in [-0.2, -0.15) is 5.01 Å². The Labute approximate surface area is 209 Å². The predicted octanol–water partition coefficient (Wildman–Crippen LogP) is 3.95. The van der Waals surface area contributed by atoms with Crippen LogP contribution in [-0.4, -0.2) is 45.0 Å². The number of imide groups is 1. The summed E-state index contributed by atoms with van der Waals surface area (Å²) in [6.45, 7) is -0.644. The van der Waals surface area contributed by atoms with Crippen molar-refractivity contribution in [2.75, 3.05) is 6.54 Å². The molecule has 1 heterocycles. The van der Waals surface area contributed by atoms with Gasteiger partial charge in [-0.3, -0.25) is 29.3 Å². The van der Waals surface area contributed by atoms with Crippen LogP contribution in [0, 0.1) is 33.8 Å². The highest BCUT2D eigenvalue weighted by atomic mass is 35.5. The number of carbonyl (C=O) groups excluding carboxylic acids is 4. The summed E-state index contributed by atoms with van der Waals surface area (Å²) in [6, 6.07) is 8.97. The van der Waals surface area contributed by atoms with Gasteiger partial charge in [0.25, 0.3) is 23.4 Å². The van der Waals surface area contributed by atoms with Crippen LogP contribution in [0.25, 0.3) is 0 Å². The summed E-state index contributed by atoms with van der Waals surface area (Å²) in [5.41, 5.74) is -0.161. The molecule has 3 aliphatic rings. The molecule has 35 heavy (non-hydrogen) atoms. The molecule has 4 atom stereocenters. The van der Waals surface area contributed by atoms with E-state index in [1.54, 1.807) is 0 Å². The lowest BCUT2D eigenvalue weighted by Crippen LogP contribution is -2.52. The third kappa shape index (κ3) is 3.81. The summed E-state index contributed by atoms with van der Waals surface area (Å²) in [6.07, 6.45) is 4.55. The number of nitro groups is 1. The molecule has 1 aliphatic heterocycles. The van der Waals surface area contributed by atoms with Gasteiger partial charge in [0.05, 0.1) is 27.3 Å². The number of amides is 3. The van der Waals surface area contributed by atoms with Crippen molar-refractivity contribution in [2.24, 2.45) is 23.7 Å². The number of fused-ring (bicyclic) bond motifs is 5.